The minimum atomic E-state index is -0.406. The summed E-state index contributed by atoms with van der Waals surface area (Å²) in [6, 6.07) is 6.90. The van der Waals surface area contributed by atoms with Gasteiger partial charge in [-0.3, -0.25) is 14.2 Å². The maximum absolute atomic E-state index is 12.6. The van der Waals surface area contributed by atoms with Crippen LogP contribution < -0.4 is 5.32 Å². The quantitative estimate of drug-likeness (QED) is 0.545. The molecule has 0 radical (unpaired) electrons. The van der Waals surface area contributed by atoms with Crippen LogP contribution in [-0.2, 0) is 11.3 Å². The third-order valence-corrected chi connectivity index (χ3v) is 5.28. The molecule has 27 heavy (non-hydrogen) atoms. The number of rotatable bonds is 6. The molecule has 6 nitrogen and oxygen atoms in total. The number of anilines is 1. The van der Waals surface area contributed by atoms with Crippen molar-refractivity contribution in [3.8, 4) is 0 Å². The summed E-state index contributed by atoms with van der Waals surface area (Å²) in [5.74, 6) is 0.342. The molecule has 1 atom stereocenters. The Morgan fingerprint density at radius 3 is 2.70 bits per heavy atom. The van der Waals surface area contributed by atoms with E-state index in [1.165, 1.54) is 0 Å². The fourth-order valence-corrected chi connectivity index (χ4v) is 3.35. The number of benzene rings is 1. The van der Waals surface area contributed by atoms with Gasteiger partial charge in [-0.2, -0.15) is 10.2 Å². The number of hydrogen-bond donors (Lipinski definition) is 1. The van der Waals surface area contributed by atoms with Crippen molar-refractivity contribution in [1.82, 2.24) is 19.6 Å². The number of hydrogen-bond acceptors (Lipinski definition) is 3. The second kappa shape index (κ2) is 8.46. The summed E-state index contributed by atoms with van der Waals surface area (Å²) in [5.41, 5.74) is 1.90. The van der Waals surface area contributed by atoms with Crippen molar-refractivity contribution >= 4 is 50.9 Å². The van der Waals surface area contributed by atoms with Crippen molar-refractivity contribution < 1.29 is 4.79 Å². The molecular weight excluding hydrogens is 453 g/mol. The minimum Gasteiger partial charge on any atom is -0.307 e. The SMILES string of the molecule is CCC(C(=O)Nc1cc(C)n(Cc2ccc(Cl)c(Cl)c2)n1)n1cc(Br)cn1. The predicted octanol–water partition coefficient (Wildman–Crippen LogP) is 5.10. The molecule has 2 aromatic heterocycles. The van der Waals surface area contributed by atoms with E-state index >= 15 is 0 Å². The highest BCUT2D eigenvalue weighted by atomic mass is 79.9. The molecule has 3 aromatic rings. The predicted molar refractivity (Wildman–Crippen MR) is 110 cm³/mol. The summed E-state index contributed by atoms with van der Waals surface area (Å²) in [5, 5.41) is 12.6. The number of carbonyl (C=O) groups excluding carboxylic acids is 1. The highest BCUT2D eigenvalue weighted by Crippen LogP contribution is 2.23. The van der Waals surface area contributed by atoms with Crippen molar-refractivity contribution in [3.05, 3.63) is 62.4 Å². The molecule has 9 heteroatoms. The van der Waals surface area contributed by atoms with E-state index < -0.39 is 6.04 Å². The summed E-state index contributed by atoms with van der Waals surface area (Å²) in [4.78, 5) is 12.6. The van der Waals surface area contributed by atoms with Crippen LogP contribution in [0.2, 0.25) is 10.0 Å². The van der Waals surface area contributed by atoms with Gasteiger partial charge in [-0.25, -0.2) is 0 Å². The van der Waals surface area contributed by atoms with E-state index in [1.807, 2.05) is 32.0 Å². The van der Waals surface area contributed by atoms with Crippen LogP contribution >= 0.6 is 39.1 Å². The van der Waals surface area contributed by atoms with E-state index in [4.69, 9.17) is 23.2 Å². The highest BCUT2D eigenvalue weighted by molar-refractivity contribution is 9.10. The number of halogens is 3. The topological polar surface area (TPSA) is 64.7 Å². The molecule has 1 unspecified atom stereocenters. The van der Waals surface area contributed by atoms with Crippen LogP contribution in [0, 0.1) is 6.92 Å². The van der Waals surface area contributed by atoms with E-state index in [0.717, 1.165) is 15.7 Å². The lowest BCUT2D eigenvalue weighted by atomic mass is 10.2. The lowest BCUT2D eigenvalue weighted by molar-refractivity contribution is -0.119. The molecule has 142 valence electrons. The number of aryl methyl sites for hydroxylation is 1. The first kappa shape index (κ1) is 19.9. The van der Waals surface area contributed by atoms with Crippen LogP contribution in [0.5, 0.6) is 0 Å². The average molecular weight is 471 g/mol. The monoisotopic (exact) mass is 469 g/mol. The molecule has 0 spiro atoms. The summed E-state index contributed by atoms with van der Waals surface area (Å²) in [6.07, 6.45) is 4.05. The summed E-state index contributed by atoms with van der Waals surface area (Å²) >= 11 is 15.4. The van der Waals surface area contributed by atoms with E-state index in [0.29, 0.717) is 28.8 Å². The zero-order chi connectivity index (χ0) is 19.6. The van der Waals surface area contributed by atoms with Gasteiger partial charge >= 0.3 is 0 Å². The largest absolute Gasteiger partial charge is 0.307 e. The number of nitrogens with one attached hydrogen (secondary N) is 1. The second-order valence-corrected chi connectivity index (χ2v) is 7.86. The average Bonchev–Trinajstić information content (AvgIpc) is 3.18. The highest BCUT2D eigenvalue weighted by Gasteiger charge is 2.20. The molecule has 0 saturated carbocycles. The third-order valence-electron chi connectivity index (χ3n) is 4.13. The Hall–Kier alpha value is -1.83. The van der Waals surface area contributed by atoms with Gasteiger partial charge in [0.1, 0.15) is 6.04 Å². The fourth-order valence-electron chi connectivity index (χ4n) is 2.73. The fraction of sp³-hybridized carbons (Fsp3) is 0.278. The summed E-state index contributed by atoms with van der Waals surface area (Å²) < 4.78 is 4.27. The Morgan fingerprint density at radius 1 is 1.30 bits per heavy atom. The molecule has 0 aliphatic carbocycles. The van der Waals surface area contributed by atoms with Gasteiger partial charge in [0.25, 0.3) is 0 Å². The maximum Gasteiger partial charge on any atom is 0.250 e. The van der Waals surface area contributed by atoms with E-state index in [2.05, 4.69) is 31.4 Å². The molecule has 1 aromatic carbocycles. The molecule has 3 rings (SSSR count). The molecule has 1 amide bonds. The Morgan fingerprint density at radius 2 is 2.07 bits per heavy atom. The van der Waals surface area contributed by atoms with Gasteiger partial charge in [0, 0.05) is 18.0 Å². The molecule has 0 aliphatic heterocycles. The van der Waals surface area contributed by atoms with Gasteiger partial charge in [0.2, 0.25) is 5.91 Å². The van der Waals surface area contributed by atoms with E-state index in [1.54, 1.807) is 27.8 Å². The molecule has 0 bridgehead atoms. The van der Waals surface area contributed by atoms with Gasteiger partial charge in [0.15, 0.2) is 5.82 Å². The first-order chi connectivity index (χ1) is 12.9. The van der Waals surface area contributed by atoms with Gasteiger partial charge in [0.05, 0.1) is 27.3 Å². The Kier molecular flexibility index (Phi) is 6.24. The van der Waals surface area contributed by atoms with Crippen molar-refractivity contribution in [2.75, 3.05) is 5.32 Å². The van der Waals surface area contributed by atoms with Crippen LogP contribution in [0.1, 0.15) is 30.6 Å². The van der Waals surface area contributed by atoms with Crippen LogP contribution in [-0.4, -0.2) is 25.5 Å². The number of amides is 1. The van der Waals surface area contributed by atoms with Crippen LogP contribution in [0.4, 0.5) is 5.82 Å². The van der Waals surface area contributed by atoms with Crippen molar-refractivity contribution in [3.63, 3.8) is 0 Å². The zero-order valence-electron chi connectivity index (χ0n) is 14.8. The standard InChI is InChI=1S/C18H18BrCl2N5O/c1-3-16(26-10-13(19)8-22-26)18(27)23-17-6-11(2)25(24-17)9-12-4-5-14(20)15(21)7-12/h4-8,10,16H,3,9H2,1-2H3,(H,23,24,27). The number of aromatic nitrogens is 4. The smallest absolute Gasteiger partial charge is 0.250 e. The number of carbonyl (C=O) groups is 1. The normalized spacial score (nSPS) is 12.2. The van der Waals surface area contributed by atoms with Crippen molar-refractivity contribution in [2.45, 2.75) is 32.9 Å². The lowest BCUT2D eigenvalue weighted by Crippen LogP contribution is -2.26. The van der Waals surface area contributed by atoms with Gasteiger partial charge in [-0.1, -0.05) is 36.2 Å². The molecular formula is C18H18BrCl2N5O. The molecule has 1 N–H and O–H groups in total. The summed E-state index contributed by atoms with van der Waals surface area (Å²) in [7, 11) is 0. The Bertz CT molecular complexity index is 969. The Labute approximate surface area is 175 Å². The van der Waals surface area contributed by atoms with E-state index in [-0.39, 0.29) is 5.91 Å². The Balaban J connectivity index is 1.73. The molecule has 0 aliphatic rings. The van der Waals surface area contributed by atoms with E-state index in [9.17, 15) is 4.79 Å². The van der Waals surface area contributed by atoms with Crippen LogP contribution in [0.3, 0.4) is 0 Å². The first-order valence-corrected chi connectivity index (χ1v) is 9.91. The van der Waals surface area contributed by atoms with Crippen LogP contribution in [0.25, 0.3) is 0 Å². The number of nitrogens with zero attached hydrogens (tertiary/aromatic N) is 4. The second-order valence-electron chi connectivity index (χ2n) is 6.13. The third kappa shape index (κ3) is 4.72. The summed E-state index contributed by atoms with van der Waals surface area (Å²) in [6.45, 7) is 4.40. The lowest BCUT2D eigenvalue weighted by Gasteiger charge is -2.14. The van der Waals surface area contributed by atoms with Gasteiger partial charge in [-0.15, -0.1) is 0 Å². The van der Waals surface area contributed by atoms with Crippen molar-refractivity contribution in [1.29, 1.82) is 0 Å². The van der Waals surface area contributed by atoms with Crippen molar-refractivity contribution in [2.24, 2.45) is 0 Å². The molecule has 0 saturated heterocycles. The zero-order valence-corrected chi connectivity index (χ0v) is 17.9. The van der Waals surface area contributed by atoms with Gasteiger partial charge < -0.3 is 5.32 Å². The first-order valence-electron chi connectivity index (χ1n) is 8.36. The molecule has 2 heterocycles. The van der Waals surface area contributed by atoms with Crippen LogP contribution in [0.15, 0.2) is 41.1 Å². The van der Waals surface area contributed by atoms with Gasteiger partial charge in [-0.05, 0) is 47.0 Å². The maximum atomic E-state index is 12.6. The molecule has 0 fully saturated rings. The minimum absolute atomic E-state index is 0.160.